The molecular formula is C11H11Br2NO2. The maximum atomic E-state index is 11.8. The van der Waals surface area contributed by atoms with Crippen molar-refractivity contribution in [3.05, 3.63) is 26.6 Å². The lowest BCUT2D eigenvalue weighted by molar-refractivity contribution is 0.0951. The lowest BCUT2D eigenvalue weighted by Crippen LogP contribution is -2.25. The molecule has 0 radical (unpaired) electrons. The lowest BCUT2D eigenvalue weighted by atomic mass is 10.2. The molecule has 0 aliphatic heterocycles. The monoisotopic (exact) mass is 347 g/mol. The standard InChI is InChI=1S/C11H11Br2NO2/c12-8-3-7(4-9(13)10(8)15)11(16)14-5-6-1-2-6/h3-4,6,15H,1-2,5H2,(H,14,16). The van der Waals surface area contributed by atoms with E-state index in [1.54, 1.807) is 12.1 Å². The van der Waals surface area contributed by atoms with Crippen LogP contribution in [0.5, 0.6) is 5.75 Å². The number of hydrogen-bond donors (Lipinski definition) is 2. The average molecular weight is 349 g/mol. The molecule has 1 aliphatic rings. The molecule has 3 nitrogen and oxygen atoms in total. The van der Waals surface area contributed by atoms with Crippen molar-refractivity contribution in [2.45, 2.75) is 12.8 Å². The van der Waals surface area contributed by atoms with Gasteiger partial charge in [-0.2, -0.15) is 0 Å². The van der Waals surface area contributed by atoms with Crippen LogP contribution in [0, 0.1) is 5.92 Å². The van der Waals surface area contributed by atoms with E-state index in [2.05, 4.69) is 37.2 Å². The van der Waals surface area contributed by atoms with E-state index in [0.29, 0.717) is 20.4 Å². The van der Waals surface area contributed by atoms with Crippen molar-refractivity contribution in [2.24, 2.45) is 5.92 Å². The van der Waals surface area contributed by atoms with Gasteiger partial charge in [-0.1, -0.05) is 0 Å². The zero-order chi connectivity index (χ0) is 11.7. The van der Waals surface area contributed by atoms with Gasteiger partial charge in [0.2, 0.25) is 0 Å². The van der Waals surface area contributed by atoms with Gasteiger partial charge in [0, 0.05) is 12.1 Å². The summed E-state index contributed by atoms with van der Waals surface area (Å²) in [4.78, 5) is 11.8. The number of amides is 1. The first kappa shape index (κ1) is 11.9. The van der Waals surface area contributed by atoms with Crippen LogP contribution in [0.4, 0.5) is 0 Å². The van der Waals surface area contributed by atoms with E-state index < -0.39 is 0 Å². The van der Waals surface area contributed by atoms with Gasteiger partial charge < -0.3 is 10.4 Å². The summed E-state index contributed by atoms with van der Waals surface area (Å²) in [7, 11) is 0. The van der Waals surface area contributed by atoms with Gasteiger partial charge in [0.25, 0.3) is 5.91 Å². The molecule has 0 unspecified atom stereocenters. The molecule has 0 spiro atoms. The number of nitrogens with one attached hydrogen (secondary N) is 1. The van der Waals surface area contributed by atoms with Crippen molar-refractivity contribution in [2.75, 3.05) is 6.54 Å². The highest BCUT2D eigenvalue weighted by Gasteiger charge is 2.22. The molecule has 1 fully saturated rings. The van der Waals surface area contributed by atoms with E-state index in [4.69, 9.17) is 0 Å². The topological polar surface area (TPSA) is 49.3 Å². The Balaban J connectivity index is 2.09. The summed E-state index contributed by atoms with van der Waals surface area (Å²) in [6, 6.07) is 3.23. The second kappa shape index (κ2) is 4.75. The quantitative estimate of drug-likeness (QED) is 0.881. The van der Waals surface area contributed by atoms with Gasteiger partial charge in [-0.3, -0.25) is 4.79 Å². The summed E-state index contributed by atoms with van der Waals surface area (Å²) in [6.07, 6.45) is 2.42. The summed E-state index contributed by atoms with van der Waals surface area (Å²) >= 11 is 6.40. The van der Waals surface area contributed by atoms with Gasteiger partial charge in [-0.05, 0) is 62.8 Å². The Hall–Kier alpha value is -0.550. The molecule has 0 bridgehead atoms. The molecule has 2 N–H and O–H groups in total. The Kier molecular flexibility index (Phi) is 3.54. The van der Waals surface area contributed by atoms with E-state index in [9.17, 15) is 9.90 Å². The predicted molar refractivity (Wildman–Crippen MR) is 68.6 cm³/mol. The van der Waals surface area contributed by atoms with Gasteiger partial charge >= 0.3 is 0 Å². The summed E-state index contributed by atoms with van der Waals surface area (Å²) < 4.78 is 1.02. The van der Waals surface area contributed by atoms with Crippen LogP contribution in [0.3, 0.4) is 0 Å². The summed E-state index contributed by atoms with van der Waals surface area (Å²) in [5, 5.41) is 12.4. The highest BCUT2D eigenvalue weighted by Crippen LogP contribution is 2.33. The molecular weight excluding hydrogens is 338 g/mol. The molecule has 0 atom stereocenters. The fourth-order valence-electron chi connectivity index (χ4n) is 1.36. The molecule has 0 heterocycles. The number of halogens is 2. The van der Waals surface area contributed by atoms with Gasteiger partial charge in [0.1, 0.15) is 5.75 Å². The zero-order valence-corrected chi connectivity index (χ0v) is 11.6. The minimum absolute atomic E-state index is 0.103. The van der Waals surface area contributed by atoms with E-state index in [0.717, 1.165) is 6.54 Å². The SMILES string of the molecule is O=C(NCC1CC1)c1cc(Br)c(O)c(Br)c1. The van der Waals surface area contributed by atoms with E-state index >= 15 is 0 Å². The molecule has 86 valence electrons. The van der Waals surface area contributed by atoms with Crippen molar-refractivity contribution >= 4 is 37.8 Å². The van der Waals surface area contributed by atoms with Gasteiger partial charge in [0.05, 0.1) is 8.95 Å². The number of hydrogen-bond acceptors (Lipinski definition) is 2. The van der Waals surface area contributed by atoms with Crippen molar-refractivity contribution in [3.63, 3.8) is 0 Å². The smallest absolute Gasteiger partial charge is 0.251 e. The van der Waals surface area contributed by atoms with Crippen LogP contribution < -0.4 is 5.32 Å². The third kappa shape index (κ3) is 2.77. The molecule has 16 heavy (non-hydrogen) atoms. The van der Waals surface area contributed by atoms with Crippen LogP contribution in [0.1, 0.15) is 23.2 Å². The molecule has 2 rings (SSSR count). The van der Waals surface area contributed by atoms with Gasteiger partial charge in [-0.25, -0.2) is 0 Å². The minimum atomic E-state index is -0.103. The van der Waals surface area contributed by atoms with Crippen LogP contribution in [0.25, 0.3) is 0 Å². The molecule has 0 aromatic heterocycles. The normalized spacial score (nSPS) is 14.9. The minimum Gasteiger partial charge on any atom is -0.506 e. The molecule has 1 aromatic carbocycles. The van der Waals surface area contributed by atoms with E-state index in [1.165, 1.54) is 12.8 Å². The number of carbonyl (C=O) groups is 1. The largest absolute Gasteiger partial charge is 0.506 e. The number of rotatable bonds is 3. The van der Waals surface area contributed by atoms with Crippen molar-refractivity contribution in [1.82, 2.24) is 5.32 Å². The molecule has 1 saturated carbocycles. The first-order valence-corrected chi connectivity index (χ1v) is 6.62. The van der Waals surface area contributed by atoms with Crippen molar-refractivity contribution in [1.29, 1.82) is 0 Å². The third-order valence-corrected chi connectivity index (χ3v) is 3.74. The summed E-state index contributed by atoms with van der Waals surface area (Å²) in [5.41, 5.74) is 0.539. The summed E-state index contributed by atoms with van der Waals surface area (Å²) in [6.45, 7) is 0.745. The highest BCUT2D eigenvalue weighted by atomic mass is 79.9. The number of aromatic hydroxyl groups is 1. The molecule has 5 heteroatoms. The fraction of sp³-hybridized carbons (Fsp3) is 0.364. The Morgan fingerprint density at radius 3 is 2.44 bits per heavy atom. The first-order chi connectivity index (χ1) is 7.58. The third-order valence-electron chi connectivity index (χ3n) is 2.53. The van der Waals surface area contributed by atoms with Crippen LogP contribution >= 0.6 is 31.9 Å². The number of benzene rings is 1. The maximum Gasteiger partial charge on any atom is 0.251 e. The Bertz CT molecular complexity index is 407. The van der Waals surface area contributed by atoms with Gasteiger partial charge in [-0.15, -0.1) is 0 Å². The lowest BCUT2D eigenvalue weighted by Gasteiger charge is -2.07. The van der Waals surface area contributed by atoms with Crippen molar-refractivity contribution in [3.8, 4) is 5.75 Å². The van der Waals surface area contributed by atoms with Crippen LogP contribution in [-0.2, 0) is 0 Å². The highest BCUT2D eigenvalue weighted by molar-refractivity contribution is 9.11. The predicted octanol–water partition coefficient (Wildman–Crippen LogP) is 3.06. The molecule has 1 aromatic rings. The second-order valence-electron chi connectivity index (χ2n) is 3.94. The van der Waals surface area contributed by atoms with E-state index in [1.807, 2.05) is 0 Å². The zero-order valence-electron chi connectivity index (χ0n) is 8.46. The maximum absolute atomic E-state index is 11.8. The fourth-order valence-corrected chi connectivity index (χ4v) is 2.54. The van der Waals surface area contributed by atoms with E-state index in [-0.39, 0.29) is 11.7 Å². The molecule has 0 saturated heterocycles. The van der Waals surface area contributed by atoms with Crippen LogP contribution in [-0.4, -0.2) is 17.6 Å². The summed E-state index contributed by atoms with van der Waals surface area (Å²) in [5.74, 6) is 0.667. The van der Waals surface area contributed by atoms with Gasteiger partial charge in [0.15, 0.2) is 0 Å². The molecule has 1 aliphatic carbocycles. The Morgan fingerprint density at radius 2 is 1.94 bits per heavy atom. The second-order valence-corrected chi connectivity index (χ2v) is 5.65. The number of carbonyl (C=O) groups excluding carboxylic acids is 1. The molecule has 1 amide bonds. The number of phenols is 1. The van der Waals surface area contributed by atoms with Crippen LogP contribution in [0.2, 0.25) is 0 Å². The number of phenolic OH excluding ortho intramolecular Hbond substituents is 1. The average Bonchev–Trinajstić information content (AvgIpc) is 3.05. The van der Waals surface area contributed by atoms with Crippen LogP contribution in [0.15, 0.2) is 21.1 Å². The Labute approximate surface area is 110 Å². The Morgan fingerprint density at radius 1 is 1.38 bits per heavy atom. The van der Waals surface area contributed by atoms with Crippen molar-refractivity contribution < 1.29 is 9.90 Å². The first-order valence-electron chi connectivity index (χ1n) is 5.04.